The average Bonchev–Trinajstić information content (AvgIpc) is 3.08. The van der Waals surface area contributed by atoms with Crippen LogP contribution >= 0.6 is 11.8 Å². The largest absolute Gasteiger partial charge is 0.486 e. The average molecular weight is 404 g/mol. The van der Waals surface area contributed by atoms with Crippen LogP contribution in [0.3, 0.4) is 0 Å². The molecule has 28 heavy (non-hydrogen) atoms. The van der Waals surface area contributed by atoms with Crippen molar-refractivity contribution < 1.29 is 14.3 Å². The van der Waals surface area contributed by atoms with Gasteiger partial charge in [-0.15, -0.1) is 10.2 Å². The summed E-state index contributed by atoms with van der Waals surface area (Å²) in [5.41, 5.74) is 0.723. The molecule has 0 spiro atoms. The molecule has 9 heteroatoms. The fraction of sp³-hybridized carbons (Fsp3) is 0.526. The molecule has 0 radical (unpaired) electrons. The Bertz CT molecular complexity index is 856. The second-order valence-electron chi connectivity index (χ2n) is 7.08. The van der Waals surface area contributed by atoms with Crippen molar-refractivity contribution in [3.05, 3.63) is 24.0 Å². The van der Waals surface area contributed by atoms with Crippen LogP contribution in [0.25, 0.3) is 0 Å². The number of likely N-dealkylation sites (tertiary alicyclic amines) is 1. The third-order valence-corrected chi connectivity index (χ3v) is 5.84. The maximum atomic E-state index is 12.5. The zero-order valence-corrected chi connectivity index (χ0v) is 17.0. The number of aromatic nitrogens is 3. The van der Waals surface area contributed by atoms with Crippen LogP contribution in [-0.2, 0) is 11.8 Å². The number of thioether (sulfide) groups is 1. The van der Waals surface area contributed by atoms with Crippen molar-refractivity contribution in [1.82, 2.24) is 19.7 Å². The highest BCUT2D eigenvalue weighted by Gasteiger charge is 2.27. The summed E-state index contributed by atoms with van der Waals surface area (Å²) in [6.45, 7) is 3.17. The predicted molar refractivity (Wildman–Crippen MR) is 107 cm³/mol. The first-order valence-corrected chi connectivity index (χ1v) is 10.7. The minimum absolute atomic E-state index is 0.0277. The Morgan fingerprint density at radius 3 is 2.89 bits per heavy atom. The lowest BCUT2D eigenvalue weighted by Gasteiger charge is -2.31. The molecule has 1 amide bonds. The summed E-state index contributed by atoms with van der Waals surface area (Å²) in [5.74, 6) is 2.67. The van der Waals surface area contributed by atoms with Crippen molar-refractivity contribution in [3.63, 3.8) is 0 Å². The summed E-state index contributed by atoms with van der Waals surface area (Å²) in [6.07, 6.45) is 4.12. The van der Waals surface area contributed by atoms with Crippen LogP contribution in [0.4, 0.5) is 5.69 Å². The molecule has 0 bridgehead atoms. The number of hydrogen-bond donors (Lipinski definition) is 1. The number of rotatable bonds is 5. The Kier molecular flexibility index (Phi) is 5.72. The third kappa shape index (κ3) is 4.10. The molecular formula is C19H25N5O3S. The predicted octanol–water partition coefficient (Wildman–Crippen LogP) is 2.13. The molecule has 0 saturated carbocycles. The minimum atomic E-state index is -0.0277. The third-order valence-electron chi connectivity index (χ3n) is 5.11. The van der Waals surface area contributed by atoms with Gasteiger partial charge in [-0.3, -0.25) is 9.69 Å². The quantitative estimate of drug-likeness (QED) is 0.766. The van der Waals surface area contributed by atoms with E-state index in [1.165, 1.54) is 0 Å². The molecule has 1 unspecified atom stereocenters. The molecule has 3 heterocycles. The first-order chi connectivity index (χ1) is 13.6. The number of nitrogens with one attached hydrogen (secondary N) is 1. The first-order valence-electron chi connectivity index (χ1n) is 9.49. The number of anilines is 1. The summed E-state index contributed by atoms with van der Waals surface area (Å²) < 4.78 is 13.2. The summed E-state index contributed by atoms with van der Waals surface area (Å²) in [7, 11) is 2.01. The maximum absolute atomic E-state index is 12.5. The molecule has 0 aliphatic carbocycles. The Balaban J connectivity index is 1.36. The Labute approximate surface area is 168 Å². The van der Waals surface area contributed by atoms with Gasteiger partial charge >= 0.3 is 0 Å². The van der Waals surface area contributed by atoms with E-state index in [1.54, 1.807) is 11.8 Å². The molecule has 1 fully saturated rings. The number of amides is 1. The van der Waals surface area contributed by atoms with Gasteiger partial charge in [0.1, 0.15) is 19.0 Å². The number of ether oxygens (including phenoxy) is 2. The Hall–Kier alpha value is -2.26. The monoisotopic (exact) mass is 403 g/mol. The second-order valence-corrected chi connectivity index (χ2v) is 7.86. The SMILES string of the molecule is CSc1nnc(C2CCCN(CC(=O)Nc3ccc4c(c3)OCCO4)C2)n1C. The fourth-order valence-electron chi connectivity index (χ4n) is 3.79. The van der Waals surface area contributed by atoms with Gasteiger partial charge < -0.3 is 19.4 Å². The topological polar surface area (TPSA) is 81.5 Å². The van der Waals surface area contributed by atoms with E-state index in [1.807, 2.05) is 31.5 Å². The Morgan fingerprint density at radius 2 is 2.11 bits per heavy atom. The number of nitrogens with zero attached hydrogens (tertiary/aromatic N) is 4. The van der Waals surface area contributed by atoms with Gasteiger partial charge in [-0.25, -0.2) is 0 Å². The lowest BCUT2D eigenvalue weighted by Crippen LogP contribution is -2.40. The number of fused-ring (bicyclic) bond motifs is 1. The van der Waals surface area contributed by atoms with E-state index in [0.29, 0.717) is 31.4 Å². The molecule has 150 valence electrons. The standard InChI is InChI=1S/C19H25N5O3S/c1-23-18(21-22-19(23)28-2)13-4-3-7-24(11-13)12-17(25)20-14-5-6-15-16(10-14)27-9-8-26-15/h5-6,10,13H,3-4,7-9,11-12H2,1-2H3,(H,20,25). The van der Waals surface area contributed by atoms with Crippen molar-refractivity contribution in [3.8, 4) is 11.5 Å². The fourth-order valence-corrected chi connectivity index (χ4v) is 4.28. The maximum Gasteiger partial charge on any atom is 0.238 e. The number of carbonyl (C=O) groups is 1. The highest BCUT2D eigenvalue weighted by molar-refractivity contribution is 7.98. The van der Waals surface area contributed by atoms with Crippen molar-refractivity contribution in [2.75, 3.05) is 44.4 Å². The lowest BCUT2D eigenvalue weighted by molar-refractivity contribution is -0.117. The molecule has 1 saturated heterocycles. The smallest absolute Gasteiger partial charge is 0.238 e. The normalized spacial score (nSPS) is 19.4. The van der Waals surface area contributed by atoms with E-state index < -0.39 is 0 Å². The zero-order valence-electron chi connectivity index (χ0n) is 16.2. The molecule has 1 aromatic carbocycles. The van der Waals surface area contributed by atoms with Gasteiger partial charge in [0, 0.05) is 31.3 Å². The van der Waals surface area contributed by atoms with Gasteiger partial charge in [-0.1, -0.05) is 11.8 Å². The van der Waals surface area contributed by atoms with E-state index in [0.717, 1.165) is 48.3 Å². The van der Waals surface area contributed by atoms with E-state index >= 15 is 0 Å². The number of hydrogen-bond acceptors (Lipinski definition) is 7. The van der Waals surface area contributed by atoms with Crippen molar-refractivity contribution >= 4 is 23.4 Å². The number of carbonyl (C=O) groups excluding carboxylic acids is 1. The van der Waals surface area contributed by atoms with Gasteiger partial charge in [0.15, 0.2) is 16.7 Å². The van der Waals surface area contributed by atoms with Crippen molar-refractivity contribution in [2.45, 2.75) is 23.9 Å². The molecule has 1 N–H and O–H groups in total. The Morgan fingerprint density at radius 1 is 1.29 bits per heavy atom. The summed E-state index contributed by atoms with van der Waals surface area (Å²) in [5, 5.41) is 12.5. The highest BCUT2D eigenvalue weighted by Crippen LogP contribution is 2.32. The molecule has 2 aliphatic rings. The van der Waals surface area contributed by atoms with Gasteiger partial charge in [0.25, 0.3) is 0 Å². The van der Waals surface area contributed by atoms with Crippen LogP contribution < -0.4 is 14.8 Å². The van der Waals surface area contributed by atoms with E-state index in [-0.39, 0.29) is 5.91 Å². The zero-order chi connectivity index (χ0) is 19.5. The second kappa shape index (κ2) is 8.40. The van der Waals surface area contributed by atoms with Gasteiger partial charge in [-0.05, 0) is 37.8 Å². The van der Waals surface area contributed by atoms with E-state index in [2.05, 4.69) is 25.0 Å². The van der Waals surface area contributed by atoms with Crippen LogP contribution in [0.15, 0.2) is 23.4 Å². The van der Waals surface area contributed by atoms with Crippen LogP contribution in [-0.4, -0.2) is 64.7 Å². The van der Waals surface area contributed by atoms with Crippen molar-refractivity contribution in [2.24, 2.45) is 7.05 Å². The highest BCUT2D eigenvalue weighted by atomic mass is 32.2. The summed E-state index contributed by atoms with van der Waals surface area (Å²) >= 11 is 1.60. The lowest BCUT2D eigenvalue weighted by atomic mass is 9.97. The van der Waals surface area contributed by atoms with Crippen LogP contribution in [0.2, 0.25) is 0 Å². The molecule has 2 aliphatic heterocycles. The molecule has 4 rings (SSSR count). The molecule has 8 nitrogen and oxygen atoms in total. The van der Waals surface area contributed by atoms with Gasteiger partial charge in [-0.2, -0.15) is 0 Å². The summed E-state index contributed by atoms with van der Waals surface area (Å²) in [6, 6.07) is 5.49. The molecular weight excluding hydrogens is 378 g/mol. The van der Waals surface area contributed by atoms with E-state index in [9.17, 15) is 4.79 Å². The van der Waals surface area contributed by atoms with Crippen molar-refractivity contribution in [1.29, 1.82) is 0 Å². The van der Waals surface area contributed by atoms with Crippen LogP contribution in [0.1, 0.15) is 24.6 Å². The number of piperidine rings is 1. The minimum Gasteiger partial charge on any atom is -0.486 e. The molecule has 2 aromatic rings. The number of benzene rings is 1. The van der Waals surface area contributed by atoms with Crippen LogP contribution in [0.5, 0.6) is 11.5 Å². The van der Waals surface area contributed by atoms with Gasteiger partial charge in [0.05, 0.1) is 6.54 Å². The summed E-state index contributed by atoms with van der Waals surface area (Å²) in [4.78, 5) is 14.7. The van der Waals surface area contributed by atoms with Crippen LogP contribution in [0, 0.1) is 0 Å². The molecule has 1 atom stereocenters. The molecule has 1 aromatic heterocycles. The first kappa shape index (κ1) is 19.1. The van der Waals surface area contributed by atoms with Gasteiger partial charge in [0.2, 0.25) is 5.91 Å². The van der Waals surface area contributed by atoms with E-state index in [4.69, 9.17) is 9.47 Å².